The van der Waals surface area contributed by atoms with Crippen LogP contribution in [-0.4, -0.2) is 15.6 Å². The third-order valence-electron chi connectivity index (χ3n) is 3.67. The molecule has 0 aliphatic carbocycles. The summed E-state index contributed by atoms with van der Waals surface area (Å²) in [5, 5.41) is 9.98. The zero-order valence-electron chi connectivity index (χ0n) is 11.5. The van der Waals surface area contributed by atoms with Gasteiger partial charge in [-0.3, -0.25) is 0 Å². The predicted octanol–water partition coefficient (Wildman–Crippen LogP) is 3.84. The Kier molecular flexibility index (Phi) is 3.22. The molecule has 106 valence electrons. The van der Waals surface area contributed by atoms with Crippen LogP contribution in [0.3, 0.4) is 0 Å². The Morgan fingerprint density at radius 1 is 1.24 bits per heavy atom. The van der Waals surface area contributed by atoms with Crippen LogP contribution in [-0.2, 0) is 6.54 Å². The van der Waals surface area contributed by atoms with Gasteiger partial charge in [0.15, 0.2) is 0 Å². The van der Waals surface area contributed by atoms with Gasteiger partial charge in [0, 0.05) is 23.6 Å². The molecule has 1 aromatic heterocycles. The summed E-state index contributed by atoms with van der Waals surface area (Å²) in [5.74, 6) is -1.24. The van der Waals surface area contributed by atoms with Gasteiger partial charge < -0.3 is 9.67 Å². The fraction of sp³-hybridized carbons (Fsp3) is 0.118. The van der Waals surface area contributed by atoms with Crippen molar-refractivity contribution < 1.29 is 14.3 Å². The molecule has 2 aromatic carbocycles. The molecule has 0 saturated heterocycles. The average molecular weight is 283 g/mol. The van der Waals surface area contributed by atoms with Crippen LogP contribution in [0.1, 0.15) is 21.5 Å². The van der Waals surface area contributed by atoms with E-state index in [0.717, 1.165) is 16.6 Å². The maximum atomic E-state index is 13.4. The third kappa shape index (κ3) is 2.40. The first kappa shape index (κ1) is 13.4. The van der Waals surface area contributed by atoms with Gasteiger partial charge in [0.1, 0.15) is 5.82 Å². The second-order valence-corrected chi connectivity index (χ2v) is 5.06. The molecule has 0 unspecified atom stereocenters. The topological polar surface area (TPSA) is 42.2 Å². The van der Waals surface area contributed by atoms with E-state index in [2.05, 4.69) is 0 Å². The number of aromatic carboxylic acids is 1. The molecular formula is C17H14FNO2. The summed E-state index contributed by atoms with van der Waals surface area (Å²) in [5.41, 5.74) is 2.91. The molecule has 0 saturated carbocycles. The summed E-state index contributed by atoms with van der Waals surface area (Å²) in [6, 6.07) is 12.0. The molecule has 0 bridgehead atoms. The van der Waals surface area contributed by atoms with Gasteiger partial charge in [0.2, 0.25) is 0 Å². The minimum atomic E-state index is -0.957. The molecule has 1 heterocycles. The van der Waals surface area contributed by atoms with E-state index in [1.807, 2.05) is 29.7 Å². The van der Waals surface area contributed by atoms with Crippen molar-refractivity contribution in [1.82, 2.24) is 4.57 Å². The Balaban J connectivity index is 2.13. The highest BCUT2D eigenvalue weighted by Crippen LogP contribution is 2.23. The average Bonchev–Trinajstić information content (AvgIpc) is 2.82. The normalized spacial score (nSPS) is 11.0. The lowest BCUT2D eigenvalue weighted by Crippen LogP contribution is -2.01. The van der Waals surface area contributed by atoms with Gasteiger partial charge >= 0.3 is 5.97 Å². The van der Waals surface area contributed by atoms with E-state index >= 15 is 0 Å². The summed E-state index contributed by atoms with van der Waals surface area (Å²) in [6.45, 7) is 2.36. The van der Waals surface area contributed by atoms with Crippen molar-refractivity contribution in [3.05, 3.63) is 71.2 Å². The van der Waals surface area contributed by atoms with Crippen LogP contribution in [0.5, 0.6) is 0 Å². The van der Waals surface area contributed by atoms with Crippen molar-refractivity contribution in [2.45, 2.75) is 13.5 Å². The van der Waals surface area contributed by atoms with Crippen molar-refractivity contribution in [2.75, 3.05) is 0 Å². The Morgan fingerprint density at radius 2 is 2.00 bits per heavy atom. The molecule has 0 aliphatic rings. The highest BCUT2D eigenvalue weighted by Gasteiger charge is 2.14. The molecule has 0 fully saturated rings. The first-order valence-electron chi connectivity index (χ1n) is 6.62. The maximum absolute atomic E-state index is 13.4. The second kappa shape index (κ2) is 5.05. The summed E-state index contributed by atoms with van der Waals surface area (Å²) < 4.78 is 15.2. The van der Waals surface area contributed by atoms with E-state index < -0.39 is 5.97 Å². The van der Waals surface area contributed by atoms with Gasteiger partial charge in [-0.05, 0) is 36.2 Å². The van der Waals surface area contributed by atoms with Crippen molar-refractivity contribution in [3.8, 4) is 0 Å². The molecule has 0 amide bonds. The minimum absolute atomic E-state index is 0.264. The van der Waals surface area contributed by atoms with Crippen LogP contribution in [0.4, 0.5) is 4.39 Å². The SMILES string of the molecule is Cc1ccc(F)cc1Cn1cc(C(=O)O)c2ccccc21. The van der Waals surface area contributed by atoms with Gasteiger partial charge in [-0.2, -0.15) is 0 Å². The van der Waals surface area contributed by atoms with E-state index in [9.17, 15) is 14.3 Å². The molecule has 1 N–H and O–H groups in total. The second-order valence-electron chi connectivity index (χ2n) is 5.06. The van der Waals surface area contributed by atoms with Crippen molar-refractivity contribution in [3.63, 3.8) is 0 Å². The monoisotopic (exact) mass is 283 g/mol. The number of hydrogen-bond acceptors (Lipinski definition) is 1. The molecule has 0 aliphatic heterocycles. The number of para-hydroxylation sites is 1. The predicted molar refractivity (Wildman–Crippen MR) is 79.1 cm³/mol. The van der Waals surface area contributed by atoms with Crippen LogP contribution in [0, 0.1) is 12.7 Å². The van der Waals surface area contributed by atoms with Crippen LogP contribution < -0.4 is 0 Å². The summed E-state index contributed by atoms with van der Waals surface area (Å²) in [7, 11) is 0. The molecule has 3 nitrogen and oxygen atoms in total. The van der Waals surface area contributed by atoms with Crippen LogP contribution in [0.2, 0.25) is 0 Å². The van der Waals surface area contributed by atoms with E-state index in [1.165, 1.54) is 12.1 Å². The van der Waals surface area contributed by atoms with E-state index in [0.29, 0.717) is 11.9 Å². The van der Waals surface area contributed by atoms with Crippen LogP contribution in [0.25, 0.3) is 10.9 Å². The van der Waals surface area contributed by atoms with E-state index in [-0.39, 0.29) is 11.4 Å². The van der Waals surface area contributed by atoms with Gasteiger partial charge in [-0.25, -0.2) is 9.18 Å². The van der Waals surface area contributed by atoms with Gasteiger partial charge in [0.25, 0.3) is 0 Å². The molecule has 0 spiro atoms. The number of halogens is 1. The van der Waals surface area contributed by atoms with E-state index in [4.69, 9.17) is 0 Å². The smallest absolute Gasteiger partial charge is 0.337 e. The minimum Gasteiger partial charge on any atom is -0.478 e. The van der Waals surface area contributed by atoms with E-state index in [1.54, 1.807) is 18.3 Å². The number of aromatic nitrogens is 1. The standard InChI is InChI=1S/C17H14FNO2/c1-11-6-7-13(18)8-12(11)9-19-10-15(17(20)21)14-4-2-3-5-16(14)19/h2-8,10H,9H2,1H3,(H,20,21). The van der Waals surface area contributed by atoms with Crippen LogP contribution in [0.15, 0.2) is 48.7 Å². The number of rotatable bonds is 3. The zero-order valence-corrected chi connectivity index (χ0v) is 11.5. The lowest BCUT2D eigenvalue weighted by atomic mass is 10.1. The Hall–Kier alpha value is -2.62. The number of benzene rings is 2. The summed E-state index contributed by atoms with van der Waals surface area (Å²) in [6.07, 6.45) is 1.61. The lowest BCUT2D eigenvalue weighted by molar-refractivity contribution is 0.0699. The van der Waals surface area contributed by atoms with Crippen molar-refractivity contribution >= 4 is 16.9 Å². The molecule has 21 heavy (non-hydrogen) atoms. The molecule has 0 atom stereocenters. The number of carbonyl (C=O) groups is 1. The fourth-order valence-electron chi connectivity index (χ4n) is 2.54. The van der Waals surface area contributed by atoms with Gasteiger partial charge in [-0.15, -0.1) is 0 Å². The summed E-state index contributed by atoms with van der Waals surface area (Å²) in [4.78, 5) is 11.3. The van der Waals surface area contributed by atoms with Gasteiger partial charge in [-0.1, -0.05) is 24.3 Å². The highest BCUT2D eigenvalue weighted by atomic mass is 19.1. The molecule has 3 rings (SSSR count). The first-order chi connectivity index (χ1) is 10.1. The Labute approximate surface area is 121 Å². The van der Waals surface area contributed by atoms with Crippen LogP contribution >= 0.6 is 0 Å². The highest BCUT2D eigenvalue weighted by molar-refractivity contribution is 6.03. The summed E-state index contributed by atoms with van der Waals surface area (Å²) >= 11 is 0. The molecule has 0 radical (unpaired) electrons. The van der Waals surface area contributed by atoms with Crippen molar-refractivity contribution in [2.24, 2.45) is 0 Å². The molecule has 4 heteroatoms. The largest absolute Gasteiger partial charge is 0.478 e. The Morgan fingerprint density at radius 3 is 2.76 bits per heavy atom. The number of hydrogen-bond donors (Lipinski definition) is 1. The fourth-order valence-corrected chi connectivity index (χ4v) is 2.54. The van der Waals surface area contributed by atoms with Gasteiger partial charge in [0.05, 0.1) is 5.56 Å². The zero-order chi connectivity index (χ0) is 15.0. The lowest BCUT2D eigenvalue weighted by Gasteiger charge is -2.08. The van der Waals surface area contributed by atoms with Crippen molar-refractivity contribution in [1.29, 1.82) is 0 Å². The quantitative estimate of drug-likeness (QED) is 0.793. The number of carboxylic acids is 1. The molecular weight excluding hydrogens is 269 g/mol. The number of aryl methyl sites for hydroxylation is 1. The number of nitrogens with zero attached hydrogens (tertiary/aromatic N) is 1. The first-order valence-corrected chi connectivity index (χ1v) is 6.62. The maximum Gasteiger partial charge on any atom is 0.337 e. The molecule has 3 aromatic rings. The number of carboxylic acid groups (broad SMARTS) is 1. The third-order valence-corrected chi connectivity index (χ3v) is 3.67. The Bertz CT molecular complexity index is 836. The number of fused-ring (bicyclic) bond motifs is 1.